The van der Waals surface area contributed by atoms with Crippen LogP contribution in [0.5, 0.6) is 0 Å². The molecule has 0 aliphatic carbocycles. The summed E-state index contributed by atoms with van der Waals surface area (Å²) in [6.45, 7) is 0. The van der Waals surface area contributed by atoms with Gasteiger partial charge in [0.1, 0.15) is 11.4 Å². The van der Waals surface area contributed by atoms with Crippen LogP contribution in [0.15, 0.2) is 131 Å². The molecule has 4 heterocycles. The summed E-state index contributed by atoms with van der Waals surface area (Å²) in [7, 11) is 0. The number of benzene rings is 4. The Balaban J connectivity index is 1.30. The maximum atomic E-state index is 5.47. The van der Waals surface area contributed by atoms with E-state index in [2.05, 4.69) is 70.6 Å². The summed E-state index contributed by atoms with van der Waals surface area (Å²) in [5, 5.41) is 7.14. The minimum atomic E-state index is 0.649. The first-order valence-corrected chi connectivity index (χ1v) is 12.9. The molecule has 0 saturated heterocycles. The number of oxazole rings is 2. The Morgan fingerprint density at radius 1 is 0.400 bits per heavy atom. The predicted octanol–water partition coefficient (Wildman–Crippen LogP) is 8.58. The molecule has 0 spiro atoms. The zero-order valence-corrected chi connectivity index (χ0v) is 21.2. The monoisotopic (exact) mass is 516 g/mol. The van der Waals surface area contributed by atoms with Crippen molar-refractivity contribution in [3.63, 3.8) is 0 Å². The summed E-state index contributed by atoms with van der Waals surface area (Å²) in [5.74, 6) is 1.30. The van der Waals surface area contributed by atoms with Crippen LogP contribution in [-0.2, 0) is 0 Å². The molecule has 0 atom stereocenters. The minimum Gasteiger partial charge on any atom is -0.442 e. The molecule has 40 heavy (non-hydrogen) atoms. The molecule has 0 N–H and O–H groups in total. The van der Waals surface area contributed by atoms with Gasteiger partial charge in [0, 0.05) is 11.1 Å². The Morgan fingerprint density at radius 3 is 1.30 bits per heavy atom. The molecule has 0 amide bonds. The molecule has 4 aromatic carbocycles. The van der Waals surface area contributed by atoms with Crippen LogP contribution < -0.4 is 0 Å². The van der Waals surface area contributed by atoms with E-state index in [1.54, 1.807) is 12.4 Å². The zero-order valence-electron chi connectivity index (χ0n) is 21.2. The van der Waals surface area contributed by atoms with Crippen LogP contribution in [0.1, 0.15) is 0 Å². The quantitative estimate of drug-likeness (QED) is 0.218. The van der Waals surface area contributed by atoms with Crippen LogP contribution in [0.3, 0.4) is 0 Å². The highest BCUT2D eigenvalue weighted by Gasteiger charge is 2.13. The van der Waals surface area contributed by atoms with Crippen molar-refractivity contribution >= 4 is 32.3 Å². The first-order valence-electron chi connectivity index (χ1n) is 12.9. The lowest BCUT2D eigenvalue weighted by atomic mass is 9.91. The molecule has 4 aromatic heterocycles. The largest absolute Gasteiger partial charge is 0.442 e. The molecular formula is C34H20N4O2. The van der Waals surface area contributed by atoms with Gasteiger partial charge in [-0.05, 0) is 68.7 Å². The number of hydrogen-bond acceptors (Lipinski definition) is 6. The van der Waals surface area contributed by atoms with Gasteiger partial charge in [0.25, 0.3) is 0 Å². The van der Waals surface area contributed by atoms with E-state index in [1.807, 2.05) is 36.4 Å². The van der Waals surface area contributed by atoms with Crippen molar-refractivity contribution in [1.29, 1.82) is 0 Å². The maximum absolute atomic E-state index is 5.47. The van der Waals surface area contributed by atoms with Crippen LogP contribution in [0.2, 0.25) is 0 Å². The lowest BCUT2D eigenvalue weighted by Crippen LogP contribution is -1.90. The van der Waals surface area contributed by atoms with Gasteiger partial charge in [-0.15, -0.1) is 0 Å². The van der Waals surface area contributed by atoms with Crippen molar-refractivity contribution in [3.05, 3.63) is 122 Å². The summed E-state index contributed by atoms with van der Waals surface area (Å²) < 4.78 is 10.9. The Kier molecular flexibility index (Phi) is 5.03. The average Bonchev–Trinajstić information content (AvgIpc) is 3.77. The SMILES string of the molecule is c1cc(-c2ccc3c4ccc(-c5cccc(-c6cnco6)n5)cc4c4ccccc4c3c2)nc(-c2cnco2)c1. The smallest absolute Gasteiger partial charge is 0.181 e. The van der Waals surface area contributed by atoms with E-state index in [9.17, 15) is 0 Å². The Bertz CT molecular complexity index is 1990. The van der Waals surface area contributed by atoms with E-state index in [4.69, 9.17) is 18.8 Å². The number of hydrogen-bond donors (Lipinski definition) is 0. The fraction of sp³-hybridized carbons (Fsp3) is 0. The van der Waals surface area contributed by atoms with Crippen LogP contribution in [0.4, 0.5) is 0 Å². The van der Waals surface area contributed by atoms with Crippen molar-refractivity contribution in [3.8, 4) is 45.4 Å². The van der Waals surface area contributed by atoms with E-state index in [0.29, 0.717) is 11.5 Å². The molecule has 0 radical (unpaired) electrons. The second-order valence-corrected chi connectivity index (χ2v) is 9.61. The van der Waals surface area contributed by atoms with Crippen molar-refractivity contribution < 1.29 is 8.83 Å². The normalized spacial score (nSPS) is 11.5. The van der Waals surface area contributed by atoms with Gasteiger partial charge < -0.3 is 8.83 Å². The Labute approximate surface area is 228 Å². The van der Waals surface area contributed by atoms with E-state index < -0.39 is 0 Å². The molecule has 0 fully saturated rings. The molecule has 6 nitrogen and oxygen atoms in total. The Hall–Kier alpha value is -5.62. The first kappa shape index (κ1) is 22.4. The highest BCUT2D eigenvalue weighted by Crippen LogP contribution is 2.38. The number of fused-ring (bicyclic) bond motifs is 6. The number of aromatic nitrogens is 4. The van der Waals surface area contributed by atoms with Crippen LogP contribution in [0.25, 0.3) is 77.7 Å². The third kappa shape index (κ3) is 3.66. The van der Waals surface area contributed by atoms with Gasteiger partial charge in [0.15, 0.2) is 24.3 Å². The summed E-state index contributed by atoms with van der Waals surface area (Å²) in [5.41, 5.74) is 5.37. The lowest BCUT2D eigenvalue weighted by molar-refractivity contribution is 0.569. The highest BCUT2D eigenvalue weighted by atomic mass is 16.3. The summed E-state index contributed by atoms with van der Waals surface area (Å²) in [6.07, 6.45) is 6.21. The molecule has 0 unspecified atom stereocenters. The van der Waals surface area contributed by atoms with E-state index in [-0.39, 0.29) is 0 Å². The number of pyridine rings is 2. The second kappa shape index (κ2) is 8.99. The van der Waals surface area contributed by atoms with Gasteiger partial charge in [-0.3, -0.25) is 0 Å². The number of nitrogens with zero attached hydrogens (tertiary/aromatic N) is 4. The van der Waals surface area contributed by atoms with Crippen molar-refractivity contribution in [2.75, 3.05) is 0 Å². The van der Waals surface area contributed by atoms with Gasteiger partial charge in [-0.1, -0.05) is 60.7 Å². The fourth-order valence-corrected chi connectivity index (χ4v) is 5.43. The van der Waals surface area contributed by atoms with Crippen LogP contribution in [0, 0.1) is 0 Å². The molecule has 8 rings (SSSR count). The molecule has 8 aromatic rings. The fourth-order valence-electron chi connectivity index (χ4n) is 5.43. The summed E-state index contributed by atoms with van der Waals surface area (Å²) >= 11 is 0. The predicted molar refractivity (Wildman–Crippen MR) is 156 cm³/mol. The van der Waals surface area contributed by atoms with Crippen LogP contribution in [-0.4, -0.2) is 19.9 Å². The van der Waals surface area contributed by atoms with Gasteiger partial charge in [0.2, 0.25) is 0 Å². The zero-order chi connectivity index (χ0) is 26.5. The molecule has 188 valence electrons. The lowest BCUT2D eigenvalue weighted by Gasteiger charge is -2.13. The van der Waals surface area contributed by atoms with Gasteiger partial charge in [0.05, 0.1) is 23.8 Å². The second-order valence-electron chi connectivity index (χ2n) is 9.61. The van der Waals surface area contributed by atoms with Crippen molar-refractivity contribution in [2.24, 2.45) is 0 Å². The third-order valence-electron chi connectivity index (χ3n) is 7.30. The van der Waals surface area contributed by atoms with Crippen LogP contribution >= 0.6 is 0 Å². The minimum absolute atomic E-state index is 0.649. The molecule has 0 saturated carbocycles. The molecular weight excluding hydrogens is 496 g/mol. The summed E-state index contributed by atoms with van der Waals surface area (Å²) in [4.78, 5) is 17.8. The van der Waals surface area contributed by atoms with E-state index in [1.165, 1.54) is 45.1 Å². The van der Waals surface area contributed by atoms with Crippen molar-refractivity contribution in [2.45, 2.75) is 0 Å². The van der Waals surface area contributed by atoms with Gasteiger partial charge in [-0.2, -0.15) is 0 Å². The Morgan fingerprint density at radius 2 is 0.850 bits per heavy atom. The first-order chi connectivity index (χ1) is 19.8. The van der Waals surface area contributed by atoms with E-state index >= 15 is 0 Å². The van der Waals surface area contributed by atoms with Crippen molar-refractivity contribution in [1.82, 2.24) is 19.9 Å². The average molecular weight is 517 g/mol. The topological polar surface area (TPSA) is 77.8 Å². The molecule has 6 heteroatoms. The highest BCUT2D eigenvalue weighted by molar-refractivity contribution is 6.26. The summed E-state index contributed by atoms with van der Waals surface area (Å²) in [6, 6.07) is 33.6. The maximum Gasteiger partial charge on any atom is 0.181 e. The van der Waals surface area contributed by atoms with Gasteiger partial charge in [-0.25, -0.2) is 19.9 Å². The third-order valence-corrected chi connectivity index (χ3v) is 7.30. The number of rotatable bonds is 4. The standard InChI is InChI=1S/C34H20N4O2/c1-2-6-24-23(5-1)27-15-21(29-7-3-9-31(37-29)33-17-35-19-39-33)11-13-25(27)26-14-12-22(16-28(24)26)30-8-4-10-32(38-30)34-18-36-20-40-34/h1-20H. The molecule has 0 bridgehead atoms. The molecule has 0 aliphatic heterocycles. The van der Waals surface area contributed by atoms with E-state index in [0.717, 1.165) is 33.9 Å². The van der Waals surface area contributed by atoms with Gasteiger partial charge >= 0.3 is 0 Å². The molecule has 0 aliphatic rings.